The standard InChI is InChI=1S/C27H21N7O2/c35-27(15-3-1-4-15)30-18-9-17(11-28-12-18)22-10-20-23(13-29-22)33-34-25(20)26-31-21-6-2-5-19(24(21)32-26)16-7-8-36-14-16/h2,5-15H,1,3-4H2,(H,30,35)(H,31,32)(H,33,34). The molecule has 0 saturated heterocycles. The van der Waals surface area contributed by atoms with Gasteiger partial charge in [0.1, 0.15) is 5.69 Å². The summed E-state index contributed by atoms with van der Waals surface area (Å²) in [6, 6.07) is 11.8. The minimum Gasteiger partial charge on any atom is -0.472 e. The van der Waals surface area contributed by atoms with Crippen LogP contribution in [0.1, 0.15) is 19.3 Å². The van der Waals surface area contributed by atoms with Crippen LogP contribution in [0.4, 0.5) is 5.69 Å². The summed E-state index contributed by atoms with van der Waals surface area (Å²) in [4.78, 5) is 29.6. The monoisotopic (exact) mass is 475 g/mol. The van der Waals surface area contributed by atoms with Gasteiger partial charge < -0.3 is 14.7 Å². The van der Waals surface area contributed by atoms with Crippen molar-refractivity contribution in [2.75, 3.05) is 5.32 Å². The number of rotatable bonds is 5. The Bertz CT molecular complexity index is 1730. The second-order valence-corrected chi connectivity index (χ2v) is 9.07. The average Bonchev–Trinajstić information content (AvgIpc) is 3.61. The van der Waals surface area contributed by atoms with E-state index in [1.807, 2.05) is 36.4 Å². The van der Waals surface area contributed by atoms with Gasteiger partial charge in [-0.2, -0.15) is 5.10 Å². The van der Waals surface area contributed by atoms with Gasteiger partial charge in [0.25, 0.3) is 0 Å². The zero-order chi connectivity index (χ0) is 24.1. The van der Waals surface area contributed by atoms with Crippen LogP contribution < -0.4 is 5.32 Å². The Labute approximate surface area is 205 Å². The maximum absolute atomic E-state index is 12.4. The van der Waals surface area contributed by atoms with E-state index in [9.17, 15) is 4.79 Å². The molecule has 5 aromatic heterocycles. The fraction of sp³-hybridized carbons (Fsp3) is 0.148. The number of pyridine rings is 2. The topological polar surface area (TPSA) is 125 Å². The molecular weight excluding hydrogens is 454 g/mol. The largest absolute Gasteiger partial charge is 0.472 e. The first-order chi connectivity index (χ1) is 17.7. The first-order valence-electron chi connectivity index (χ1n) is 11.8. The summed E-state index contributed by atoms with van der Waals surface area (Å²) in [6.45, 7) is 0. The highest BCUT2D eigenvalue weighted by Crippen LogP contribution is 2.33. The molecule has 0 aliphatic heterocycles. The molecule has 0 spiro atoms. The zero-order valence-corrected chi connectivity index (χ0v) is 19.2. The van der Waals surface area contributed by atoms with Gasteiger partial charge in [-0.15, -0.1) is 0 Å². The van der Waals surface area contributed by atoms with Crippen LogP contribution in [0.5, 0.6) is 0 Å². The number of nitrogens with one attached hydrogen (secondary N) is 3. The Balaban J connectivity index is 1.26. The van der Waals surface area contributed by atoms with Crippen LogP contribution in [0.15, 0.2) is 71.9 Å². The molecule has 1 aliphatic rings. The summed E-state index contributed by atoms with van der Waals surface area (Å²) in [5.74, 6) is 0.818. The Morgan fingerprint density at radius 2 is 2.00 bits per heavy atom. The lowest BCUT2D eigenvalue weighted by molar-refractivity contribution is -0.122. The van der Waals surface area contributed by atoms with Gasteiger partial charge in [0.05, 0.1) is 52.9 Å². The Hall–Kier alpha value is -4.79. The quantitative estimate of drug-likeness (QED) is 0.300. The van der Waals surface area contributed by atoms with E-state index in [0.29, 0.717) is 17.2 Å². The van der Waals surface area contributed by atoms with Crippen molar-refractivity contribution in [2.45, 2.75) is 19.3 Å². The summed E-state index contributed by atoms with van der Waals surface area (Å²) in [6.07, 6.45) is 11.5. The number of fused-ring (bicyclic) bond motifs is 2. The van der Waals surface area contributed by atoms with Crippen LogP contribution in [0.2, 0.25) is 0 Å². The minimum atomic E-state index is 0.0559. The molecule has 7 rings (SSSR count). The van der Waals surface area contributed by atoms with Gasteiger partial charge in [0.2, 0.25) is 5.91 Å². The molecule has 1 aliphatic carbocycles. The maximum atomic E-state index is 12.4. The van der Waals surface area contributed by atoms with Crippen molar-refractivity contribution in [1.29, 1.82) is 0 Å². The number of amides is 1. The number of hydrogen-bond acceptors (Lipinski definition) is 6. The molecule has 9 nitrogen and oxygen atoms in total. The minimum absolute atomic E-state index is 0.0559. The highest BCUT2D eigenvalue weighted by Gasteiger charge is 2.25. The van der Waals surface area contributed by atoms with Crippen LogP contribution in [-0.2, 0) is 4.79 Å². The molecule has 0 radical (unpaired) electrons. The molecule has 6 aromatic rings. The number of furan rings is 1. The number of hydrogen-bond donors (Lipinski definition) is 3. The summed E-state index contributed by atoms with van der Waals surface area (Å²) < 4.78 is 5.27. The molecule has 176 valence electrons. The molecule has 1 fully saturated rings. The van der Waals surface area contributed by atoms with Crippen molar-refractivity contribution in [3.63, 3.8) is 0 Å². The normalized spacial score (nSPS) is 13.8. The van der Waals surface area contributed by atoms with Gasteiger partial charge in [-0.3, -0.25) is 19.9 Å². The van der Waals surface area contributed by atoms with E-state index in [1.165, 1.54) is 0 Å². The molecule has 0 atom stereocenters. The van der Waals surface area contributed by atoms with Crippen molar-refractivity contribution in [3.8, 4) is 33.9 Å². The molecule has 0 bridgehead atoms. The lowest BCUT2D eigenvalue weighted by atomic mass is 9.85. The number of carbonyl (C=O) groups excluding carboxylic acids is 1. The number of para-hydroxylation sites is 1. The number of carbonyl (C=O) groups is 1. The van der Waals surface area contributed by atoms with Gasteiger partial charge in [-0.25, -0.2) is 4.98 Å². The number of H-pyrrole nitrogens is 2. The van der Waals surface area contributed by atoms with Crippen LogP contribution in [0, 0.1) is 5.92 Å². The molecule has 36 heavy (non-hydrogen) atoms. The Morgan fingerprint density at radius 1 is 1.06 bits per heavy atom. The van der Waals surface area contributed by atoms with Gasteiger partial charge >= 0.3 is 0 Å². The predicted molar refractivity (Wildman–Crippen MR) is 136 cm³/mol. The number of benzene rings is 1. The molecule has 1 amide bonds. The van der Waals surface area contributed by atoms with E-state index in [2.05, 4.69) is 30.5 Å². The van der Waals surface area contributed by atoms with Crippen molar-refractivity contribution in [3.05, 3.63) is 67.5 Å². The van der Waals surface area contributed by atoms with E-state index >= 15 is 0 Å². The molecule has 5 heterocycles. The predicted octanol–water partition coefficient (Wildman–Crippen LogP) is 5.56. The van der Waals surface area contributed by atoms with E-state index in [0.717, 1.165) is 63.6 Å². The molecule has 9 heteroatoms. The third-order valence-corrected chi connectivity index (χ3v) is 6.79. The third-order valence-electron chi connectivity index (χ3n) is 6.79. The van der Waals surface area contributed by atoms with Gasteiger partial charge in [0.15, 0.2) is 5.82 Å². The number of aromatic nitrogens is 6. The van der Waals surface area contributed by atoms with Crippen LogP contribution in [-0.4, -0.2) is 36.0 Å². The Morgan fingerprint density at radius 3 is 2.83 bits per heavy atom. The highest BCUT2D eigenvalue weighted by molar-refractivity contribution is 5.98. The van der Waals surface area contributed by atoms with Crippen molar-refractivity contribution in [1.82, 2.24) is 30.1 Å². The molecule has 1 saturated carbocycles. The first-order valence-corrected chi connectivity index (χ1v) is 11.8. The molecular formula is C27H21N7O2. The summed E-state index contributed by atoms with van der Waals surface area (Å²) in [5, 5.41) is 11.5. The third kappa shape index (κ3) is 3.44. The fourth-order valence-electron chi connectivity index (χ4n) is 4.61. The lowest BCUT2D eigenvalue weighted by Crippen LogP contribution is -2.28. The smallest absolute Gasteiger partial charge is 0.227 e. The number of imidazole rings is 1. The molecule has 0 unspecified atom stereocenters. The summed E-state index contributed by atoms with van der Waals surface area (Å²) >= 11 is 0. The van der Waals surface area contributed by atoms with Crippen LogP contribution in [0.3, 0.4) is 0 Å². The SMILES string of the molecule is O=C(Nc1cncc(-c2cc3c(-c4nc5c(-c6ccoc6)cccc5[nH]4)n[nH]c3cn2)c1)C1CCC1. The van der Waals surface area contributed by atoms with Crippen LogP contribution >= 0.6 is 0 Å². The average molecular weight is 476 g/mol. The van der Waals surface area contributed by atoms with E-state index < -0.39 is 0 Å². The second kappa shape index (κ2) is 8.16. The lowest BCUT2D eigenvalue weighted by Gasteiger charge is -2.24. The fourth-order valence-corrected chi connectivity index (χ4v) is 4.61. The zero-order valence-electron chi connectivity index (χ0n) is 19.2. The highest BCUT2D eigenvalue weighted by atomic mass is 16.3. The van der Waals surface area contributed by atoms with Gasteiger partial charge in [-0.1, -0.05) is 18.6 Å². The van der Waals surface area contributed by atoms with E-state index in [1.54, 1.807) is 31.1 Å². The van der Waals surface area contributed by atoms with Gasteiger partial charge in [-0.05, 0) is 37.1 Å². The van der Waals surface area contributed by atoms with Crippen molar-refractivity contribution in [2.24, 2.45) is 5.92 Å². The summed E-state index contributed by atoms with van der Waals surface area (Å²) in [7, 11) is 0. The number of anilines is 1. The maximum Gasteiger partial charge on any atom is 0.227 e. The molecule has 3 N–H and O–H groups in total. The number of nitrogens with zero attached hydrogens (tertiary/aromatic N) is 4. The first kappa shape index (κ1) is 20.6. The van der Waals surface area contributed by atoms with E-state index in [-0.39, 0.29) is 11.8 Å². The van der Waals surface area contributed by atoms with Gasteiger partial charge in [0, 0.05) is 34.2 Å². The second-order valence-electron chi connectivity index (χ2n) is 9.07. The summed E-state index contributed by atoms with van der Waals surface area (Å²) in [5.41, 5.74) is 7.41. The Kier molecular flexibility index (Phi) is 4.66. The van der Waals surface area contributed by atoms with Crippen LogP contribution in [0.25, 0.3) is 55.8 Å². The number of aromatic amines is 2. The van der Waals surface area contributed by atoms with E-state index in [4.69, 9.17) is 9.40 Å². The van der Waals surface area contributed by atoms with Crippen molar-refractivity contribution >= 4 is 33.5 Å². The van der Waals surface area contributed by atoms with Crippen molar-refractivity contribution < 1.29 is 9.21 Å². The molecule has 1 aromatic carbocycles.